The van der Waals surface area contributed by atoms with Gasteiger partial charge in [0.25, 0.3) is 5.91 Å². The lowest BCUT2D eigenvalue weighted by atomic mass is 10.1. The summed E-state index contributed by atoms with van der Waals surface area (Å²) in [7, 11) is 1.60. The first kappa shape index (κ1) is 17.5. The Morgan fingerprint density at radius 2 is 1.69 bits per heavy atom. The molecule has 0 spiro atoms. The molecular formula is C21H21N3O2. The van der Waals surface area contributed by atoms with E-state index in [0.717, 1.165) is 22.5 Å². The van der Waals surface area contributed by atoms with E-state index in [9.17, 15) is 4.79 Å². The number of carbonyl (C=O) groups excluding carboxylic acids is 1. The van der Waals surface area contributed by atoms with E-state index >= 15 is 0 Å². The molecule has 5 nitrogen and oxygen atoms in total. The number of rotatable bonds is 5. The highest BCUT2D eigenvalue weighted by Gasteiger charge is 2.15. The van der Waals surface area contributed by atoms with Crippen molar-refractivity contribution in [1.82, 2.24) is 4.98 Å². The molecule has 0 radical (unpaired) electrons. The average molecular weight is 347 g/mol. The van der Waals surface area contributed by atoms with Crippen molar-refractivity contribution >= 4 is 23.1 Å². The highest BCUT2D eigenvalue weighted by Crippen LogP contribution is 2.28. The number of anilines is 3. The number of para-hydroxylation sites is 3. The van der Waals surface area contributed by atoms with Crippen molar-refractivity contribution in [2.75, 3.05) is 17.7 Å². The second-order valence-corrected chi connectivity index (χ2v) is 5.95. The van der Waals surface area contributed by atoms with Gasteiger partial charge < -0.3 is 15.4 Å². The van der Waals surface area contributed by atoms with Crippen molar-refractivity contribution in [1.29, 1.82) is 0 Å². The number of ether oxygens (including phenoxy) is 1. The fourth-order valence-electron chi connectivity index (χ4n) is 2.76. The number of pyridine rings is 1. The summed E-state index contributed by atoms with van der Waals surface area (Å²) in [5.74, 6) is 0.938. The summed E-state index contributed by atoms with van der Waals surface area (Å²) >= 11 is 0. The first-order valence-corrected chi connectivity index (χ1v) is 8.33. The molecule has 0 unspecified atom stereocenters. The van der Waals surface area contributed by atoms with Crippen LogP contribution in [0.4, 0.5) is 17.2 Å². The summed E-state index contributed by atoms with van der Waals surface area (Å²) in [6.07, 6.45) is 1.65. The molecule has 2 aromatic carbocycles. The first-order chi connectivity index (χ1) is 12.6. The first-order valence-electron chi connectivity index (χ1n) is 8.33. The van der Waals surface area contributed by atoms with Crippen LogP contribution in [0.25, 0.3) is 0 Å². The van der Waals surface area contributed by atoms with E-state index in [1.165, 1.54) is 0 Å². The van der Waals surface area contributed by atoms with Crippen LogP contribution >= 0.6 is 0 Å². The lowest BCUT2D eigenvalue weighted by Crippen LogP contribution is -2.16. The number of carbonyl (C=O) groups is 1. The lowest BCUT2D eigenvalue weighted by molar-refractivity contribution is 0.102. The Morgan fingerprint density at radius 3 is 2.42 bits per heavy atom. The van der Waals surface area contributed by atoms with Crippen LogP contribution in [0.2, 0.25) is 0 Å². The molecule has 0 aliphatic heterocycles. The minimum Gasteiger partial charge on any atom is -0.495 e. The number of nitrogens with one attached hydrogen (secondary N) is 2. The quantitative estimate of drug-likeness (QED) is 0.702. The third-order valence-electron chi connectivity index (χ3n) is 4.13. The molecule has 0 aliphatic rings. The zero-order valence-corrected chi connectivity index (χ0v) is 15.0. The molecule has 1 amide bonds. The van der Waals surface area contributed by atoms with Crippen molar-refractivity contribution in [3.8, 4) is 5.75 Å². The summed E-state index contributed by atoms with van der Waals surface area (Å²) in [6.45, 7) is 3.94. The number of benzene rings is 2. The lowest BCUT2D eigenvalue weighted by Gasteiger charge is -2.15. The number of amides is 1. The Bertz CT molecular complexity index is 918. The van der Waals surface area contributed by atoms with Gasteiger partial charge in [0.1, 0.15) is 11.6 Å². The van der Waals surface area contributed by atoms with E-state index in [2.05, 4.69) is 15.6 Å². The molecule has 3 rings (SSSR count). The Kier molecular flexibility index (Phi) is 5.17. The highest BCUT2D eigenvalue weighted by atomic mass is 16.5. The number of aryl methyl sites for hydroxylation is 2. The maximum Gasteiger partial charge on any atom is 0.259 e. The molecule has 2 N–H and O–H groups in total. The van der Waals surface area contributed by atoms with Gasteiger partial charge in [-0.3, -0.25) is 4.79 Å². The summed E-state index contributed by atoms with van der Waals surface area (Å²) in [4.78, 5) is 17.2. The van der Waals surface area contributed by atoms with Crippen LogP contribution in [-0.4, -0.2) is 18.0 Å². The molecular weight excluding hydrogens is 326 g/mol. The van der Waals surface area contributed by atoms with Gasteiger partial charge in [-0.05, 0) is 49.2 Å². The van der Waals surface area contributed by atoms with Crippen LogP contribution in [0, 0.1) is 13.8 Å². The second-order valence-electron chi connectivity index (χ2n) is 5.95. The maximum absolute atomic E-state index is 12.9. The summed E-state index contributed by atoms with van der Waals surface area (Å²) in [5.41, 5.74) is 4.06. The fourth-order valence-corrected chi connectivity index (χ4v) is 2.76. The van der Waals surface area contributed by atoms with Crippen molar-refractivity contribution in [3.05, 3.63) is 77.5 Å². The molecule has 132 valence electrons. The Labute approximate surface area is 153 Å². The van der Waals surface area contributed by atoms with Crippen LogP contribution in [0.5, 0.6) is 5.75 Å². The summed E-state index contributed by atoms with van der Waals surface area (Å²) < 4.78 is 5.35. The fraction of sp³-hybridized carbons (Fsp3) is 0.143. The molecule has 0 atom stereocenters. The minimum absolute atomic E-state index is 0.215. The topological polar surface area (TPSA) is 63.2 Å². The maximum atomic E-state index is 12.9. The predicted molar refractivity (Wildman–Crippen MR) is 104 cm³/mol. The molecule has 3 aromatic rings. The number of methoxy groups -OCH3 is 1. The molecule has 0 saturated heterocycles. The Morgan fingerprint density at radius 1 is 0.962 bits per heavy atom. The average Bonchev–Trinajstić information content (AvgIpc) is 2.65. The molecule has 0 bridgehead atoms. The number of nitrogens with zero attached hydrogens (tertiary/aromatic N) is 1. The predicted octanol–water partition coefficient (Wildman–Crippen LogP) is 4.70. The van der Waals surface area contributed by atoms with E-state index in [0.29, 0.717) is 17.1 Å². The van der Waals surface area contributed by atoms with Crippen LogP contribution in [0.1, 0.15) is 21.5 Å². The van der Waals surface area contributed by atoms with Crippen LogP contribution in [0.15, 0.2) is 60.8 Å². The Balaban J connectivity index is 1.91. The van der Waals surface area contributed by atoms with E-state index < -0.39 is 0 Å². The molecule has 26 heavy (non-hydrogen) atoms. The van der Waals surface area contributed by atoms with Gasteiger partial charge in [0.05, 0.1) is 18.4 Å². The second kappa shape index (κ2) is 7.70. The monoisotopic (exact) mass is 347 g/mol. The van der Waals surface area contributed by atoms with Crippen molar-refractivity contribution in [2.24, 2.45) is 0 Å². The SMILES string of the molecule is COc1ccccc1Nc1ncccc1C(=O)Nc1c(C)cccc1C. The molecule has 1 heterocycles. The molecule has 1 aromatic heterocycles. The van der Waals surface area contributed by atoms with Gasteiger partial charge in [-0.15, -0.1) is 0 Å². The molecule has 0 fully saturated rings. The van der Waals surface area contributed by atoms with Crippen molar-refractivity contribution in [3.63, 3.8) is 0 Å². The van der Waals surface area contributed by atoms with Crippen LogP contribution in [0.3, 0.4) is 0 Å². The largest absolute Gasteiger partial charge is 0.495 e. The zero-order chi connectivity index (χ0) is 18.5. The molecule has 0 saturated carbocycles. The molecule has 0 aliphatic carbocycles. The third kappa shape index (κ3) is 3.67. The van der Waals surface area contributed by atoms with Crippen molar-refractivity contribution < 1.29 is 9.53 Å². The zero-order valence-electron chi connectivity index (χ0n) is 15.0. The van der Waals surface area contributed by atoms with E-state index in [4.69, 9.17) is 4.74 Å². The van der Waals surface area contributed by atoms with Gasteiger partial charge in [-0.25, -0.2) is 4.98 Å². The third-order valence-corrected chi connectivity index (χ3v) is 4.13. The minimum atomic E-state index is -0.215. The van der Waals surface area contributed by atoms with Gasteiger partial charge in [0, 0.05) is 11.9 Å². The van der Waals surface area contributed by atoms with Gasteiger partial charge in [-0.1, -0.05) is 30.3 Å². The number of hydrogen-bond donors (Lipinski definition) is 2. The number of hydrogen-bond acceptors (Lipinski definition) is 4. The van der Waals surface area contributed by atoms with Crippen LogP contribution < -0.4 is 15.4 Å². The van der Waals surface area contributed by atoms with Gasteiger partial charge in [0.15, 0.2) is 0 Å². The highest BCUT2D eigenvalue weighted by molar-refractivity contribution is 6.08. The summed E-state index contributed by atoms with van der Waals surface area (Å²) in [5, 5.41) is 6.19. The number of aromatic nitrogens is 1. The summed E-state index contributed by atoms with van der Waals surface area (Å²) in [6, 6.07) is 16.9. The normalized spacial score (nSPS) is 10.3. The standard InChI is InChI=1S/C21H21N3O2/c1-14-8-6-9-15(2)19(14)24-21(25)16-10-7-13-22-20(16)23-17-11-4-5-12-18(17)26-3/h4-13H,1-3H3,(H,22,23)(H,24,25). The van der Waals surface area contributed by atoms with E-state index in [1.54, 1.807) is 25.4 Å². The van der Waals surface area contributed by atoms with Gasteiger partial charge in [0.2, 0.25) is 0 Å². The van der Waals surface area contributed by atoms with E-state index in [-0.39, 0.29) is 5.91 Å². The van der Waals surface area contributed by atoms with Gasteiger partial charge >= 0.3 is 0 Å². The molecule has 5 heteroatoms. The van der Waals surface area contributed by atoms with E-state index in [1.807, 2.05) is 56.3 Å². The van der Waals surface area contributed by atoms with Crippen molar-refractivity contribution in [2.45, 2.75) is 13.8 Å². The Hall–Kier alpha value is -3.34. The van der Waals surface area contributed by atoms with Gasteiger partial charge in [-0.2, -0.15) is 0 Å². The van der Waals surface area contributed by atoms with Crippen LogP contribution in [-0.2, 0) is 0 Å². The smallest absolute Gasteiger partial charge is 0.259 e.